The Labute approximate surface area is 162 Å². The van der Waals surface area contributed by atoms with Gasteiger partial charge in [0.2, 0.25) is 11.8 Å². The number of benzene rings is 1. The summed E-state index contributed by atoms with van der Waals surface area (Å²) in [7, 11) is 0. The van der Waals surface area contributed by atoms with Crippen molar-refractivity contribution in [1.82, 2.24) is 4.90 Å². The molecule has 148 valence electrons. The van der Waals surface area contributed by atoms with Crippen LogP contribution < -0.4 is 10.1 Å². The highest BCUT2D eigenvalue weighted by Crippen LogP contribution is 2.32. The van der Waals surface area contributed by atoms with Gasteiger partial charge in [-0.1, -0.05) is 6.92 Å². The van der Waals surface area contributed by atoms with Crippen LogP contribution in [0.15, 0.2) is 24.3 Å². The van der Waals surface area contributed by atoms with Crippen molar-refractivity contribution in [3.8, 4) is 5.75 Å². The number of piperidine rings is 1. The monoisotopic (exact) mass is 372 g/mol. The molecular weight excluding hydrogens is 340 g/mol. The molecule has 2 aliphatic rings. The Bertz CT molecular complexity index is 635. The fourth-order valence-corrected chi connectivity index (χ4v) is 4.30. The van der Waals surface area contributed by atoms with Gasteiger partial charge in [-0.25, -0.2) is 0 Å². The maximum absolute atomic E-state index is 12.8. The van der Waals surface area contributed by atoms with E-state index in [9.17, 15) is 9.59 Å². The van der Waals surface area contributed by atoms with E-state index in [-0.39, 0.29) is 17.7 Å². The first-order chi connectivity index (χ1) is 13.1. The molecule has 0 bridgehead atoms. The standard InChI is InChI=1S/C22H32N2O3/c1-3-27-20-12-10-19(11-13-20)23-21(25)17-6-8-18(9-7-17)22(26)24-14-4-5-16(2)15-24/h10-13,16-18H,3-9,14-15H2,1-2H3,(H,23,25). The van der Waals surface area contributed by atoms with Gasteiger partial charge in [-0.3, -0.25) is 9.59 Å². The lowest BCUT2D eigenvalue weighted by Gasteiger charge is -2.35. The first kappa shape index (κ1) is 19.7. The molecule has 1 aromatic rings. The highest BCUT2D eigenvalue weighted by Gasteiger charge is 2.33. The highest BCUT2D eigenvalue weighted by molar-refractivity contribution is 5.92. The average molecular weight is 373 g/mol. The molecule has 5 nitrogen and oxygen atoms in total. The van der Waals surface area contributed by atoms with Crippen LogP contribution in [0.2, 0.25) is 0 Å². The summed E-state index contributed by atoms with van der Waals surface area (Å²) < 4.78 is 5.42. The van der Waals surface area contributed by atoms with E-state index >= 15 is 0 Å². The predicted molar refractivity (Wildman–Crippen MR) is 107 cm³/mol. The largest absolute Gasteiger partial charge is 0.494 e. The zero-order valence-electron chi connectivity index (χ0n) is 16.6. The van der Waals surface area contributed by atoms with E-state index in [1.807, 2.05) is 31.2 Å². The smallest absolute Gasteiger partial charge is 0.227 e. The van der Waals surface area contributed by atoms with E-state index in [1.165, 1.54) is 6.42 Å². The van der Waals surface area contributed by atoms with Crippen LogP contribution in [-0.2, 0) is 9.59 Å². The molecule has 1 saturated heterocycles. The van der Waals surface area contributed by atoms with E-state index in [2.05, 4.69) is 17.1 Å². The second-order valence-corrected chi connectivity index (χ2v) is 8.03. The van der Waals surface area contributed by atoms with Crippen molar-refractivity contribution >= 4 is 17.5 Å². The molecule has 1 aliphatic carbocycles. The number of carbonyl (C=O) groups excluding carboxylic acids is 2. The molecule has 1 unspecified atom stereocenters. The summed E-state index contributed by atoms with van der Waals surface area (Å²) in [6.45, 7) is 6.60. The van der Waals surface area contributed by atoms with Crippen molar-refractivity contribution in [3.63, 3.8) is 0 Å². The summed E-state index contributed by atoms with van der Waals surface area (Å²) in [5, 5.41) is 3.00. The number of nitrogens with one attached hydrogen (secondary N) is 1. The quantitative estimate of drug-likeness (QED) is 0.847. The van der Waals surface area contributed by atoms with Crippen LogP contribution in [-0.4, -0.2) is 36.4 Å². The molecular formula is C22H32N2O3. The molecule has 1 aliphatic heterocycles. The minimum atomic E-state index is 0.000831. The van der Waals surface area contributed by atoms with Crippen LogP contribution in [0.3, 0.4) is 0 Å². The molecule has 3 rings (SSSR count). The molecule has 1 atom stereocenters. The Hall–Kier alpha value is -2.04. The maximum Gasteiger partial charge on any atom is 0.227 e. The minimum Gasteiger partial charge on any atom is -0.494 e. The maximum atomic E-state index is 12.8. The molecule has 2 fully saturated rings. The molecule has 2 amide bonds. The van der Waals surface area contributed by atoms with Crippen LogP contribution >= 0.6 is 0 Å². The van der Waals surface area contributed by atoms with E-state index in [0.29, 0.717) is 18.4 Å². The van der Waals surface area contributed by atoms with E-state index in [1.54, 1.807) is 0 Å². The highest BCUT2D eigenvalue weighted by atomic mass is 16.5. The van der Waals surface area contributed by atoms with Gasteiger partial charge < -0.3 is 15.0 Å². The SMILES string of the molecule is CCOc1ccc(NC(=O)C2CCC(C(=O)N3CCCC(C)C3)CC2)cc1. The predicted octanol–water partition coefficient (Wildman–Crippen LogP) is 4.09. The van der Waals surface area contributed by atoms with Crippen LogP contribution in [0, 0.1) is 17.8 Å². The summed E-state index contributed by atoms with van der Waals surface area (Å²) in [4.78, 5) is 27.4. The molecule has 27 heavy (non-hydrogen) atoms. The van der Waals surface area contributed by atoms with Gasteiger partial charge in [0, 0.05) is 30.6 Å². The number of hydrogen-bond acceptors (Lipinski definition) is 3. The van der Waals surface area contributed by atoms with Crippen molar-refractivity contribution in [2.75, 3.05) is 25.0 Å². The van der Waals surface area contributed by atoms with E-state index in [0.717, 1.165) is 56.6 Å². The molecule has 0 radical (unpaired) electrons. The van der Waals surface area contributed by atoms with Gasteiger partial charge in [0.25, 0.3) is 0 Å². The summed E-state index contributed by atoms with van der Waals surface area (Å²) in [5.41, 5.74) is 0.795. The fourth-order valence-electron chi connectivity index (χ4n) is 4.30. The topological polar surface area (TPSA) is 58.6 Å². The van der Waals surface area contributed by atoms with Gasteiger partial charge in [-0.15, -0.1) is 0 Å². The molecule has 1 N–H and O–H groups in total. The normalized spacial score (nSPS) is 25.7. The van der Waals surface area contributed by atoms with Crippen molar-refractivity contribution in [3.05, 3.63) is 24.3 Å². The van der Waals surface area contributed by atoms with E-state index < -0.39 is 0 Å². The van der Waals surface area contributed by atoms with Gasteiger partial charge in [0.15, 0.2) is 0 Å². The number of likely N-dealkylation sites (tertiary alicyclic amines) is 1. The van der Waals surface area contributed by atoms with Crippen molar-refractivity contribution in [2.24, 2.45) is 17.8 Å². The Morgan fingerprint density at radius 1 is 1.07 bits per heavy atom. The Kier molecular flexibility index (Phi) is 6.75. The third kappa shape index (κ3) is 5.24. The molecule has 1 heterocycles. The summed E-state index contributed by atoms with van der Waals surface area (Å²) in [6.07, 6.45) is 5.58. The van der Waals surface area contributed by atoms with Crippen LogP contribution in [0.1, 0.15) is 52.4 Å². The Balaban J connectivity index is 1.46. The molecule has 1 aromatic carbocycles. The lowest BCUT2D eigenvalue weighted by Crippen LogP contribution is -2.43. The number of rotatable bonds is 5. The zero-order chi connectivity index (χ0) is 19.2. The van der Waals surface area contributed by atoms with Gasteiger partial charge in [0.05, 0.1) is 6.61 Å². The average Bonchev–Trinajstić information content (AvgIpc) is 2.69. The van der Waals surface area contributed by atoms with Gasteiger partial charge >= 0.3 is 0 Å². The number of amides is 2. The second-order valence-electron chi connectivity index (χ2n) is 8.03. The molecule has 1 saturated carbocycles. The van der Waals surface area contributed by atoms with Crippen molar-refractivity contribution < 1.29 is 14.3 Å². The van der Waals surface area contributed by atoms with Crippen LogP contribution in [0.25, 0.3) is 0 Å². The summed E-state index contributed by atoms with van der Waals surface area (Å²) in [6, 6.07) is 7.48. The van der Waals surface area contributed by atoms with Crippen molar-refractivity contribution in [1.29, 1.82) is 0 Å². The molecule has 5 heteroatoms. The van der Waals surface area contributed by atoms with Gasteiger partial charge in [0.1, 0.15) is 5.75 Å². The van der Waals surface area contributed by atoms with Gasteiger partial charge in [-0.05, 0) is 75.6 Å². The fraction of sp³-hybridized carbons (Fsp3) is 0.636. The number of nitrogens with zero attached hydrogens (tertiary/aromatic N) is 1. The Morgan fingerprint density at radius 2 is 1.74 bits per heavy atom. The Morgan fingerprint density at radius 3 is 2.37 bits per heavy atom. The lowest BCUT2D eigenvalue weighted by molar-refractivity contribution is -0.139. The number of anilines is 1. The van der Waals surface area contributed by atoms with Crippen LogP contribution in [0.5, 0.6) is 5.75 Å². The van der Waals surface area contributed by atoms with Crippen molar-refractivity contribution in [2.45, 2.75) is 52.4 Å². The number of carbonyl (C=O) groups is 2. The first-order valence-electron chi connectivity index (χ1n) is 10.4. The van der Waals surface area contributed by atoms with E-state index in [4.69, 9.17) is 4.74 Å². The first-order valence-corrected chi connectivity index (χ1v) is 10.4. The number of hydrogen-bond donors (Lipinski definition) is 1. The number of ether oxygens (including phenoxy) is 1. The minimum absolute atomic E-state index is 0.000831. The summed E-state index contributed by atoms with van der Waals surface area (Å²) >= 11 is 0. The third-order valence-electron chi connectivity index (χ3n) is 5.85. The van der Waals surface area contributed by atoms with Crippen LogP contribution in [0.4, 0.5) is 5.69 Å². The summed E-state index contributed by atoms with van der Waals surface area (Å²) in [5.74, 6) is 1.90. The molecule has 0 spiro atoms. The third-order valence-corrected chi connectivity index (χ3v) is 5.85. The lowest BCUT2D eigenvalue weighted by atomic mass is 9.80. The second kappa shape index (κ2) is 9.25. The zero-order valence-corrected chi connectivity index (χ0v) is 16.6. The molecule has 0 aromatic heterocycles. The van der Waals surface area contributed by atoms with Gasteiger partial charge in [-0.2, -0.15) is 0 Å².